The van der Waals surface area contributed by atoms with Crippen molar-refractivity contribution >= 4 is 11.9 Å². The number of fused-ring (bicyclic) bond motifs is 3. The normalized spacial score (nSPS) is 13.9. The molecule has 0 spiro atoms. The number of carbonyl (C=O) groups is 2. The van der Waals surface area contributed by atoms with Gasteiger partial charge in [-0.2, -0.15) is 0 Å². The number of carbonyl (C=O) groups excluding carboxylic acids is 2. The number of rotatable bonds is 6. The predicted molar refractivity (Wildman–Crippen MR) is 128 cm³/mol. The smallest absolute Gasteiger partial charge is 0.407 e. The van der Waals surface area contributed by atoms with E-state index < -0.39 is 6.09 Å². The van der Waals surface area contributed by atoms with E-state index in [0.29, 0.717) is 19.6 Å². The van der Waals surface area contributed by atoms with Gasteiger partial charge in [0.2, 0.25) is 0 Å². The van der Waals surface area contributed by atoms with E-state index in [-0.39, 0.29) is 17.6 Å². The molecule has 33 heavy (non-hydrogen) atoms. The first kappa shape index (κ1) is 21.0. The minimum absolute atomic E-state index is 0.0534. The largest absolute Gasteiger partial charge is 0.449 e. The SMILES string of the molecule is O=C(NCCC#Cc1ccc(C(=O)C2CC2)cc1)OCC1c2ccccc2-c2ccccc21. The summed E-state index contributed by atoms with van der Waals surface area (Å²) in [6.07, 6.45) is 2.11. The average molecular weight is 436 g/mol. The van der Waals surface area contributed by atoms with E-state index in [0.717, 1.165) is 24.0 Å². The third-order valence-corrected chi connectivity index (χ3v) is 6.21. The third-order valence-electron chi connectivity index (χ3n) is 6.21. The molecular formula is C29H25NO3. The molecule has 164 valence electrons. The zero-order chi connectivity index (χ0) is 22.6. The van der Waals surface area contributed by atoms with Gasteiger partial charge in [0, 0.05) is 35.9 Å². The van der Waals surface area contributed by atoms with Crippen LogP contribution in [-0.2, 0) is 4.74 Å². The molecule has 0 heterocycles. The molecule has 2 aliphatic rings. The Morgan fingerprint density at radius 1 is 0.879 bits per heavy atom. The molecule has 1 saturated carbocycles. The Bertz CT molecular complexity index is 1200. The second kappa shape index (κ2) is 9.34. The first-order valence-electron chi connectivity index (χ1n) is 11.4. The Kier molecular flexibility index (Phi) is 5.95. The molecule has 2 aliphatic carbocycles. The van der Waals surface area contributed by atoms with Gasteiger partial charge in [0.25, 0.3) is 0 Å². The monoisotopic (exact) mass is 435 g/mol. The molecule has 0 unspecified atom stereocenters. The highest BCUT2D eigenvalue weighted by Gasteiger charge is 2.30. The number of benzene rings is 3. The van der Waals surface area contributed by atoms with E-state index in [1.807, 2.05) is 48.5 Å². The lowest BCUT2D eigenvalue weighted by atomic mass is 9.98. The van der Waals surface area contributed by atoms with Crippen LogP contribution in [0.25, 0.3) is 11.1 Å². The van der Waals surface area contributed by atoms with E-state index >= 15 is 0 Å². The summed E-state index contributed by atoms with van der Waals surface area (Å²) in [5.74, 6) is 6.65. The number of alkyl carbamates (subject to hydrolysis) is 1. The van der Waals surface area contributed by atoms with Crippen LogP contribution in [0.3, 0.4) is 0 Å². The van der Waals surface area contributed by atoms with Crippen molar-refractivity contribution in [2.45, 2.75) is 25.2 Å². The highest BCUT2D eigenvalue weighted by Crippen LogP contribution is 2.44. The number of amides is 1. The van der Waals surface area contributed by atoms with Crippen LogP contribution in [0.4, 0.5) is 4.79 Å². The summed E-state index contributed by atoms with van der Waals surface area (Å²) in [5.41, 5.74) is 6.44. The fourth-order valence-electron chi connectivity index (χ4n) is 4.34. The maximum absolute atomic E-state index is 12.2. The molecule has 1 amide bonds. The lowest BCUT2D eigenvalue weighted by Crippen LogP contribution is -2.26. The fraction of sp³-hybridized carbons (Fsp3) is 0.241. The van der Waals surface area contributed by atoms with Gasteiger partial charge in [0.1, 0.15) is 6.61 Å². The summed E-state index contributed by atoms with van der Waals surface area (Å²) >= 11 is 0. The number of nitrogens with one attached hydrogen (secondary N) is 1. The van der Waals surface area contributed by atoms with Crippen molar-refractivity contribution in [3.63, 3.8) is 0 Å². The molecule has 0 aliphatic heterocycles. The zero-order valence-electron chi connectivity index (χ0n) is 18.3. The van der Waals surface area contributed by atoms with Gasteiger partial charge < -0.3 is 10.1 Å². The van der Waals surface area contributed by atoms with Gasteiger partial charge in [-0.3, -0.25) is 4.79 Å². The maximum atomic E-state index is 12.2. The second-order valence-electron chi connectivity index (χ2n) is 8.52. The molecule has 0 saturated heterocycles. The minimum atomic E-state index is -0.429. The van der Waals surface area contributed by atoms with Gasteiger partial charge in [0.05, 0.1) is 0 Å². The summed E-state index contributed by atoms with van der Waals surface area (Å²) in [5, 5.41) is 2.78. The molecule has 0 bridgehead atoms. The molecule has 1 fully saturated rings. The van der Waals surface area contributed by atoms with Crippen molar-refractivity contribution < 1.29 is 14.3 Å². The molecule has 5 rings (SSSR count). The van der Waals surface area contributed by atoms with E-state index in [1.165, 1.54) is 22.3 Å². The van der Waals surface area contributed by atoms with Crippen molar-refractivity contribution in [1.82, 2.24) is 5.32 Å². The third kappa shape index (κ3) is 4.68. The van der Waals surface area contributed by atoms with Gasteiger partial charge in [-0.15, -0.1) is 0 Å². The van der Waals surface area contributed by atoms with Gasteiger partial charge in [-0.25, -0.2) is 4.79 Å². The Hall–Kier alpha value is -3.84. The minimum Gasteiger partial charge on any atom is -0.449 e. The van der Waals surface area contributed by atoms with Crippen molar-refractivity contribution in [2.24, 2.45) is 5.92 Å². The summed E-state index contributed by atoms with van der Waals surface area (Å²) in [6.45, 7) is 0.722. The Morgan fingerprint density at radius 2 is 1.52 bits per heavy atom. The lowest BCUT2D eigenvalue weighted by molar-refractivity contribution is 0.0967. The fourth-order valence-corrected chi connectivity index (χ4v) is 4.34. The number of ether oxygens (including phenoxy) is 1. The molecule has 1 N–H and O–H groups in total. The molecule has 3 aromatic carbocycles. The standard InChI is InChI=1S/C29H25NO3/c31-28(22-16-17-22)21-14-12-20(13-15-21)7-5-6-18-30-29(32)33-19-27-25-10-3-1-8-23(25)24-9-2-4-11-26(24)27/h1-4,8-15,22,27H,6,16-19H2,(H,30,32). The van der Waals surface area contributed by atoms with Gasteiger partial charge >= 0.3 is 6.09 Å². The van der Waals surface area contributed by atoms with Crippen LogP contribution < -0.4 is 5.32 Å². The van der Waals surface area contributed by atoms with Crippen LogP contribution in [0.15, 0.2) is 72.8 Å². The highest BCUT2D eigenvalue weighted by molar-refractivity contribution is 5.99. The summed E-state index contributed by atoms with van der Waals surface area (Å²) in [4.78, 5) is 24.3. The van der Waals surface area contributed by atoms with Crippen molar-refractivity contribution in [3.05, 3.63) is 95.1 Å². The molecule has 0 atom stereocenters. The molecular weight excluding hydrogens is 410 g/mol. The van der Waals surface area contributed by atoms with Crippen LogP contribution >= 0.6 is 0 Å². The van der Waals surface area contributed by atoms with Crippen LogP contribution in [0, 0.1) is 17.8 Å². The topological polar surface area (TPSA) is 55.4 Å². The molecule has 0 aromatic heterocycles. The van der Waals surface area contributed by atoms with E-state index in [2.05, 4.69) is 41.4 Å². The predicted octanol–water partition coefficient (Wildman–Crippen LogP) is 5.56. The van der Waals surface area contributed by atoms with Crippen LogP contribution in [0.5, 0.6) is 0 Å². The van der Waals surface area contributed by atoms with E-state index in [9.17, 15) is 9.59 Å². The van der Waals surface area contributed by atoms with E-state index in [4.69, 9.17) is 4.74 Å². The van der Waals surface area contributed by atoms with Crippen LogP contribution in [0.1, 0.15) is 52.2 Å². The first-order chi connectivity index (χ1) is 16.2. The lowest BCUT2D eigenvalue weighted by Gasteiger charge is -2.14. The summed E-state index contributed by atoms with van der Waals surface area (Å²) in [6, 6.07) is 24.0. The van der Waals surface area contributed by atoms with Crippen molar-refractivity contribution in [2.75, 3.05) is 13.2 Å². The van der Waals surface area contributed by atoms with Crippen LogP contribution in [-0.4, -0.2) is 25.0 Å². The Labute approximate surface area is 194 Å². The zero-order valence-corrected chi connectivity index (χ0v) is 18.3. The molecule has 4 nitrogen and oxygen atoms in total. The molecule has 3 aromatic rings. The number of ketones is 1. The Balaban J connectivity index is 1.09. The van der Waals surface area contributed by atoms with E-state index in [1.54, 1.807) is 0 Å². The number of hydrogen-bond donors (Lipinski definition) is 1. The van der Waals surface area contributed by atoms with Gasteiger partial charge in [-0.05, 0) is 47.2 Å². The van der Waals surface area contributed by atoms with Gasteiger partial charge in [-0.1, -0.05) is 72.5 Å². The first-order valence-corrected chi connectivity index (χ1v) is 11.4. The Morgan fingerprint density at radius 3 is 2.15 bits per heavy atom. The summed E-state index contributed by atoms with van der Waals surface area (Å²) < 4.78 is 5.53. The average Bonchev–Trinajstić information content (AvgIpc) is 3.65. The maximum Gasteiger partial charge on any atom is 0.407 e. The highest BCUT2D eigenvalue weighted by atomic mass is 16.5. The number of Topliss-reactive ketones (excluding diaryl/α,β-unsaturated/α-hetero) is 1. The van der Waals surface area contributed by atoms with Crippen molar-refractivity contribution in [1.29, 1.82) is 0 Å². The molecule has 0 radical (unpaired) electrons. The quantitative estimate of drug-likeness (QED) is 0.313. The van der Waals surface area contributed by atoms with Gasteiger partial charge in [0.15, 0.2) is 5.78 Å². The molecule has 4 heteroatoms. The summed E-state index contributed by atoms with van der Waals surface area (Å²) in [7, 11) is 0. The van der Waals surface area contributed by atoms with Crippen molar-refractivity contribution in [3.8, 4) is 23.0 Å². The second-order valence-corrected chi connectivity index (χ2v) is 8.52. The van der Waals surface area contributed by atoms with Crippen LogP contribution in [0.2, 0.25) is 0 Å². The number of hydrogen-bond acceptors (Lipinski definition) is 3.